The third-order valence-electron chi connectivity index (χ3n) is 2.61. The summed E-state index contributed by atoms with van der Waals surface area (Å²) in [6.07, 6.45) is 1.69. The van der Waals surface area contributed by atoms with Gasteiger partial charge in [-0.3, -0.25) is 4.79 Å². The number of rotatable bonds is 9. The van der Waals surface area contributed by atoms with Crippen LogP contribution in [0.3, 0.4) is 0 Å². The van der Waals surface area contributed by atoms with Crippen molar-refractivity contribution in [1.29, 1.82) is 0 Å². The Balaban J connectivity index is 4.03. The van der Waals surface area contributed by atoms with E-state index in [4.69, 9.17) is 0 Å². The average molecular weight is 236 g/mol. The number of ketones is 1. The second kappa shape index (κ2) is 7.71. The summed E-state index contributed by atoms with van der Waals surface area (Å²) in [6.45, 7) is 3.71. The Morgan fingerprint density at radius 1 is 1.19 bits per heavy atom. The number of hydrogen-bond acceptors (Lipinski definition) is 2. The normalized spacial score (nSPS) is 13.8. The van der Waals surface area contributed by atoms with Gasteiger partial charge >= 0.3 is 5.92 Å². The lowest BCUT2D eigenvalue weighted by atomic mass is 9.99. The standard InChI is InChI=1S/C12H22F2O2/c1-3-5-6-7-9-11(16)12(13,14)10(15)8-4-2/h10,15H,3-9H2,1-2H3/t10-/m1/s1. The molecule has 0 aliphatic rings. The van der Waals surface area contributed by atoms with E-state index in [1.54, 1.807) is 6.92 Å². The van der Waals surface area contributed by atoms with E-state index in [1.807, 2.05) is 6.92 Å². The van der Waals surface area contributed by atoms with Gasteiger partial charge in [0.15, 0.2) is 0 Å². The molecular formula is C12H22F2O2. The number of carbonyl (C=O) groups excluding carboxylic acids is 1. The first-order chi connectivity index (χ1) is 7.46. The molecule has 0 fully saturated rings. The first-order valence-electron chi connectivity index (χ1n) is 6.05. The Labute approximate surface area is 96.0 Å². The number of alkyl halides is 2. The highest BCUT2D eigenvalue weighted by Gasteiger charge is 2.44. The molecule has 0 radical (unpaired) electrons. The van der Waals surface area contributed by atoms with Gasteiger partial charge in [-0.25, -0.2) is 0 Å². The zero-order valence-electron chi connectivity index (χ0n) is 10.1. The van der Waals surface area contributed by atoms with Crippen molar-refractivity contribution in [3.63, 3.8) is 0 Å². The molecule has 0 saturated carbocycles. The van der Waals surface area contributed by atoms with Crippen LogP contribution in [0.1, 0.15) is 58.8 Å². The lowest BCUT2D eigenvalue weighted by molar-refractivity contribution is -0.161. The number of aliphatic hydroxyl groups excluding tert-OH is 1. The highest BCUT2D eigenvalue weighted by atomic mass is 19.3. The van der Waals surface area contributed by atoms with Gasteiger partial charge in [-0.05, 0) is 12.8 Å². The number of hydrogen-bond donors (Lipinski definition) is 1. The third kappa shape index (κ3) is 5.01. The highest BCUT2D eigenvalue weighted by molar-refractivity contribution is 5.86. The molecule has 0 bridgehead atoms. The van der Waals surface area contributed by atoms with Crippen molar-refractivity contribution in [2.45, 2.75) is 70.8 Å². The summed E-state index contributed by atoms with van der Waals surface area (Å²) in [6, 6.07) is 0. The van der Waals surface area contributed by atoms with Gasteiger partial charge in [0.05, 0.1) is 0 Å². The van der Waals surface area contributed by atoms with Crippen LogP contribution in [0.4, 0.5) is 8.78 Å². The van der Waals surface area contributed by atoms with Crippen molar-refractivity contribution in [3.05, 3.63) is 0 Å². The minimum atomic E-state index is -3.57. The topological polar surface area (TPSA) is 37.3 Å². The van der Waals surface area contributed by atoms with Gasteiger partial charge in [0.1, 0.15) is 6.10 Å². The number of unbranched alkanes of at least 4 members (excludes halogenated alkanes) is 3. The first-order valence-corrected chi connectivity index (χ1v) is 6.05. The van der Waals surface area contributed by atoms with Crippen molar-refractivity contribution in [1.82, 2.24) is 0 Å². The molecule has 2 nitrogen and oxygen atoms in total. The largest absolute Gasteiger partial charge is 0.386 e. The summed E-state index contributed by atoms with van der Waals surface area (Å²) in [5.74, 6) is -4.69. The van der Waals surface area contributed by atoms with Crippen LogP contribution in [-0.2, 0) is 4.79 Å². The lowest BCUT2D eigenvalue weighted by Gasteiger charge is -2.20. The maximum atomic E-state index is 13.3. The molecule has 0 aromatic carbocycles. The summed E-state index contributed by atoms with van der Waals surface area (Å²) in [4.78, 5) is 11.2. The van der Waals surface area contributed by atoms with Crippen molar-refractivity contribution < 1.29 is 18.7 Å². The van der Waals surface area contributed by atoms with E-state index in [0.29, 0.717) is 12.8 Å². The summed E-state index contributed by atoms with van der Waals surface area (Å²) in [5.41, 5.74) is 0. The van der Waals surface area contributed by atoms with Gasteiger partial charge in [0.2, 0.25) is 5.78 Å². The van der Waals surface area contributed by atoms with Gasteiger partial charge in [-0.2, -0.15) is 8.78 Å². The second-order valence-corrected chi connectivity index (χ2v) is 4.16. The molecule has 96 valence electrons. The molecule has 0 spiro atoms. The molecular weight excluding hydrogens is 214 g/mol. The molecule has 0 aromatic rings. The maximum Gasteiger partial charge on any atom is 0.330 e. The third-order valence-corrected chi connectivity index (χ3v) is 2.61. The quantitative estimate of drug-likeness (QED) is 0.623. The van der Waals surface area contributed by atoms with Crippen LogP contribution >= 0.6 is 0 Å². The van der Waals surface area contributed by atoms with Gasteiger partial charge in [0, 0.05) is 6.42 Å². The molecule has 0 rings (SSSR count). The van der Waals surface area contributed by atoms with E-state index in [1.165, 1.54) is 0 Å². The van der Waals surface area contributed by atoms with Gasteiger partial charge < -0.3 is 5.11 Å². The second-order valence-electron chi connectivity index (χ2n) is 4.16. The van der Waals surface area contributed by atoms with Gasteiger partial charge in [-0.15, -0.1) is 0 Å². The highest BCUT2D eigenvalue weighted by Crippen LogP contribution is 2.25. The molecule has 0 saturated heterocycles. The van der Waals surface area contributed by atoms with E-state index in [-0.39, 0.29) is 12.8 Å². The van der Waals surface area contributed by atoms with Crippen molar-refractivity contribution in [3.8, 4) is 0 Å². The van der Waals surface area contributed by atoms with Crippen LogP contribution < -0.4 is 0 Å². The van der Waals surface area contributed by atoms with Crippen LogP contribution in [0.2, 0.25) is 0 Å². The van der Waals surface area contributed by atoms with Crippen LogP contribution in [0.25, 0.3) is 0 Å². The van der Waals surface area contributed by atoms with E-state index in [2.05, 4.69) is 0 Å². The Morgan fingerprint density at radius 2 is 1.81 bits per heavy atom. The molecule has 16 heavy (non-hydrogen) atoms. The maximum absolute atomic E-state index is 13.3. The summed E-state index contributed by atoms with van der Waals surface area (Å²) < 4.78 is 26.6. The van der Waals surface area contributed by atoms with Gasteiger partial charge in [0.25, 0.3) is 0 Å². The molecule has 1 N–H and O–H groups in total. The summed E-state index contributed by atoms with van der Waals surface area (Å²) in [5, 5.41) is 9.18. The van der Waals surface area contributed by atoms with E-state index in [9.17, 15) is 18.7 Å². The van der Waals surface area contributed by atoms with Crippen molar-refractivity contribution in [2.24, 2.45) is 0 Å². The Kier molecular flexibility index (Phi) is 7.47. The molecule has 0 aliphatic heterocycles. The number of Topliss-reactive ketones (excluding diaryl/α,β-unsaturated/α-hetero) is 1. The molecule has 4 heteroatoms. The average Bonchev–Trinajstić information content (AvgIpc) is 2.24. The van der Waals surface area contributed by atoms with Crippen molar-refractivity contribution >= 4 is 5.78 Å². The molecule has 0 amide bonds. The van der Waals surface area contributed by atoms with Crippen LogP contribution in [0, 0.1) is 0 Å². The van der Waals surface area contributed by atoms with Crippen LogP contribution in [-0.4, -0.2) is 22.9 Å². The fourth-order valence-electron chi connectivity index (χ4n) is 1.52. The Hall–Kier alpha value is -0.510. The van der Waals surface area contributed by atoms with Crippen LogP contribution in [0.15, 0.2) is 0 Å². The van der Waals surface area contributed by atoms with E-state index < -0.39 is 17.8 Å². The smallest absolute Gasteiger partial charge is 0.330 e. The number of halogens is 2. The number of carbonyl (C=O) groups is 1. The molecule has 0 aliphatic carbocycles. The van der Waals surface area contributed by atoms with Crippen LogP contribution in [0.5, 0.6) is 0 Å². The zero-order chi connectivity index (χ0) is 12.6. The predicted molar refractivity (Wildman–Crippen MR) is 59.6 cm³/mol. The van der Waals surface area contributed by atoms with Gasteiger partial charge in [-0.1, -0.05) is 39.5 Å². The fraction of sp³-hybridized carbons (Fsp3) is 0.917. The molecule has 0 unspecified atom stereocenters. The Bertz CT molecular complexity index is 205. The molecule has 0 heterocycles. The van der Waals surface area contributed by atoms with E-state index in [0.717, 1.165) is 19.3 Å². The lowest BCUT2D eigenvalue weighted by Crippen LogP contribution is -2.41. The van der Waals surface area contributed by atoms with E-state index >= 15 is 0 Å². The summed E-state index contributed by atoms with van der Waals surface area (Å²) >= 11 is 0. The summed E-state index contributed by atoms with van der Waals surface area (Å²) in [7, 11) is 0. The monoisotopic (exact) mass is 236 g/mol. The fourth-order valence-corrected chi connectivity index (χ4v) is 1.52. The first kappa shape index (κ1) is 15.5. The number of aliphatic hydroxyl groups is 1. The minimum absolute atomic E-state index is 0.0340. The minimum Gasteiger partial charge on any atom is -0.386 e. The SMILES string of the molecule is CCCCCCC(=O)C(F)(F)[C@H](O)CCC. The van der Waals surface area contributed by atoms with Crippen molar-refractivity contribution in [2.75, 3.05) is 0 Å². The Morgan fingerprint density at radius 3 is 2.31 bits per heavy atom. The predicted octanol–water partition coefficient (Wildman–Crippen LogP) is 3.32. The molecule has 0 aromatic heterocycles. The zero-order valence-corrected chi connectivity index (χ0v) is 10.1. The molecule has 1 atom stereocenters.